The van der Waals surface area contributed by atoms with Gasteiger partial charge in [0.05, 0.1) is 6.61 Å². The summed E-state index contributed by atoms with van der Waals surface area (Å²) in [5.41, 5.74) is 1.09. The molecule has 0 unspecified atom stereocenters. The molecule has 0 bridgehead atoms. The van der Waals surface area contributed by atoms with Crippen LogP contribution in [0, 0.1) is 11.3 Å². The molecule has 0 spiro atoms. The van der Waals surface area contributed by atoms with E-state index in [1.807, 2.05) is 45.3 Å². The van der Waals surface area contributed by atoms with Gasteiger partial charge in [-0.2, -0.15) is 10.2 Å². The van der Waals surface area contributed by atoms with Gasteiger partial charge in [0.1, 0.15) is 11.8 Å². The number of hydrogen-bond donors (Lipinski definition) is 1. The van der Waals surface area contributed by atoms with Crippen LogP contribution >= 0.6 is 0 Å². The zero-order valence-electron chi connectivity index (χ0n) is 13.8. The number of hydrogen-bond acceptors (Lipinski definition) is 6. The van der Waals surface area contributed by atoms with Crippen molar-refractivity contribution in [2.45, 2.75) is 13.3 Å². The Morgan fingerprint density at radius 1 is 1.30 bits per heavy atom. The minimum atomic E-state index is 0.277. The number of anilines is 1. The minimum Gasteiger partial charge on any atom is -0.494 e. The van der Waals surface area contributed by atoms with Crippen molar-refractivity contribution in [3.8, 4) is 23.3 Å². The van der Waals surface area contributed by atoms with Crippen LogP contribution in [0.1, 0.15) is 19.0 Å². The van der Waals surface area contributed by atoms with Crippen molar-refractivity contribution in [1.82, 2.24) is 9.88 Å². The zero-order chi connectivity index (χ0) is 16.7. The summed E-state index contributed by atoms with van der Waals surface area (Å²) < 4.78 is 11.1. The molecule has 6 heteroatoms. The second-order valence-electron chi connectivity index (χ2n) is 5.35. The van der Waals surface area contributed by atoms with Gasteiger partial charge >= 0.3 is 0 Å². The van der Waals surface area contributed by atoms with Crippen LogP contribution in [-0.4, -0.2) is 43.7 Å². The van der Waals surface area contributed by atoms with Crippen LogP contribution in [-0.2, 0) is 0 Å². The van der Waals surface area contributed by atoms with E-state index in [2.05, 4.69) is 21.3 Å². The van der Waals surface area contributed by atoms with Crippen LogP contribution in [0.15, 0.2) is 28.7 Å². The van der Waals surface area contributed by atoms with Crippen molar-refractivity contribution in [3.63, 3.8) is 0 Å². The average Bonchev–Trinajstić information content (AvgIpc) is 2.95. The fourth-order valence-electron chi connectivity index (χ4n) is 2.10. The number of rotatable bonds is 8. The molecule has 1 aromatic carbocycles. The summed E-state index contributed by atoms with van der Waals surface area (Å²) in [6.07, 6.45) is 0.955. The SMILES string of the molecule is CCOc1ccc(-c2nc(C#N)c(NCCCN(C)C)o2)cc1. The van der Waals surface area contributed by atoms with Crippen molar-refractivity contribution in [3.05, 3.63) is 30.0 Å². The lowest BCUT2D eigenvalue weighted by molar-refractivity contribution is 0.340. The van der Waals surface area contributed by atoms with Gasteiger partial charge in [0, 0.05) is 12.1 Å². The van der Waals surface area contributed by atoms with E-state index in [1.165, 1.54) is 0 Å². The van der Waals surface area contributed by atoms with Crippen molar-refractivity contribution in [1.29, 1.82) is 5.26 Å². The van der Waals surface area contributed by atoms with E-state index in [9.17, 15) is 5.26 Å². The minimum absolute atomic E-state index is 0.277. The number of oxazole rings is 1. The van der Waals surface area contributed by atoms with E-state index in [1.54, 1.807) is 0 Å². The van der Waals surface area contributed by atoms with Gasteiger partial charge in [-0.05, 0) is 58.3 Å². The standard InChI is InChI=1S/C17H22N4O2/c1-4-22-14-8-6-13(7-9-14)16-20-15(12-18)17(23-16)19-10-5-11-21(2)3/h6-9,19H,4-5,10-11H2,1-3H3. The topological polar surface area (TPSA) is 74.3 Å². The highest BCUT2D eigenvalue weighted by molar-refractivity contribution is 5.59. The van der Waals surface area contributed by atoms with Gasteiger partial charge < -0.3 is 19.4 Å². The Morgan fingerprint density at radius 3 is 2.65 bits per heavy atom. The molecule has 2 rings (SSSR count). The zero-order valence-corrected chi connectivity index (χ0v) is 13.8. The first kappa shape index (κ1) is 16.8. The predicted octanol–water partition coefficient (Wildman–Crippen LogP) is 2.98. The first-order chi connectivity index (χ1) is 11.1. The maximum absolute atomic E-state index is 9.20. The molecule has 0 radical (unpaired) electrons. The molecular formula is C17H22N4O2. The van der Waals surface area contributed by atoms with E-state index in [0.29, 0.717) is 18.4 Å². The number of benzene rings is 1. The highest BCUT2D eigenvalue weighted by atomic mass is 16.5. The van der Waals surface area contributed by atoms with Crippen molar-refractivity contribution >= 4 is 5.88 Å². The molecule has 0 aliphatic rings. The van der Waals surface area contributed by atoms with Gasteiger partial charge in [0.25, 0.3) is 0 Å². The lowest BCUT2D eigenvalue weighted by Gasteiger charge is -2.09. The molecule has 23 heavy (non-hydrogen) atoms. The molecule has 2 aromatic rings. The Labute approximate surface area is 136 Å². The summed E-state index contributed by atoms with van der Waals surface area (Å²) in [6, 6.07) is 9.52. The maximum Gasteiger partial charge on any atom is 0.232 e. The van der Waals surface area contributed by atoms with Gasteiger partial charge in [-0.3, -0.25) is 0 Å². The van der Waals surface area contributed by atoms with Crippen LogP contribution in [0.5, 0.6) is 5.75 Å². The van der Waals surface area contributed by atoms with Crippen LogP contribution in [0.25, 0.3) is 11.5 Å². The van der Waals surface area contributed by atoms with Crippen molar-refractivity contribution in [2.75, 3.05) is 39.1 Å². The molecule has 1 heterocycles. The lowest BCUT2D eigenvalue weighted by atomic mass is 10.2. The van der Waals surface area contributed by atoms with E-state index < -0.39 is 0 Å². The number of ether oxygens (including phenoxy) is 1. The van der Waals surface area contributed by atoms with Crippen LogP contribution in [0.4, 0.5) is 5.88 Å². The summed E-state index contributed by atoms with van der Waals surface area (Å²) >= 11 is 0. The number of nitrogens with one attached hydrogen (secondary N) is 1. The Bertz CT molecular complexity index is 656. The molecule has 122 valence electrons. The third kappa shape index (κ3) is 4.73. The normalized spacial score (nSPS) is 10.6. The summed E-state index contributed by atoms with van der Waals surface area (Å²) in [6.45, 7) is 4.26. The Kier molecular flexibility index (Phi) is 6.01. The van der Waals surface area contributed by atoms with Crippen LogP contribution in [0.2, 0.25) is 0 Å². The predicted molar refractivity (Wildman–Crippen MR) is 89.5 cm³/mol. The summed E-state index contributed by atoms with van der Waals surface area (Å²) in [5.74, 6) is 1.65. The molecule has 1 N–H and O–H groups in total. The molecule has 0 amide bonds. The first-order valence-corrected chi connectivity index (χ1v) is 7.66. The van der Waals surface area contributed by atoms with Crippen LogP contribution < -0.4 is 10.1 Å². The molecule has 0 saturated heterocycles. The van der Waals surface area contributed by atoms with Gasteiger partial charge in [0.2, 0.25) is 17.5 Å². The maximum atomic E-state index is 9.20. The van der Waals surface area contributed by atoms with E-state index >= 15 is 0 Å². The number of nitrogens with zero attached hydrogens (tertiary/aromatic N) is 3. The Morgan fingerprint density at radius 2 is 2.04 bits per heavy atom. The monoisotopic (exact) mass is 314 g/mol. The molecule has 6 nitrogen and oxygen atoms in total. The third-order valence-corrected chi connectivity index (χ3v) is 3.21. The molecular weight excluding hydrogens is 292 g/mol. The van der Waals surface area contributed by atoms with E-state index in [0.717, 1.165) is 30.8 Å². The highest BCUT2D eigenvalue weighted by Crippen LogP contribution is 2.26. The van der Waals surface area contributed by atoms with Gasteiger partial charge in [-0.25, -0.2) is 0 Å². The average molecular weight is 314 g/mol. The summed E-state index contributed by atoms with van der Waals surface area (Å²) in [5, 5.41) is 12.3. The second kappa shape index (κ2) is 8.20. The summed E-state index contributed by atoms with van der Waals surface area (Å²) in [4.78, 5) is 6.36. The number of aromatic nitrogens is 1. The Balaban J connectivity index is 2.07. The smallest absolute Gasteiger partial charge is 0.232 e. The molecule has 0 aliphatic heterocycles. The van der Waals surface area contributed by atoms with Gasteiger partial charge in [-0.15, -0.1) is 0 Å². The third-order valence-electron chi connectivity index (χ3n) is 3.21. The number of nitriles is 1. The molecule has 0 saturated carbocycles. The fraction of sp³-hybridized carbons (Fsp3) is 0.412. The molecule has 0 aliphatic carbocycles. The quantitative estimate of drug-likeness (QED) is 0.755. The second-order valence-corrected chi connectivity index (χ2v) is 5.35. The Hall–Kier alpha value is -2.52. The van der Waals surface area contributed by atoms with E-state index in [4.69, 9.17) is 9.15 Å². The summed E-state index contributed by atoms with van der Waals surface area (Å²) in [7, 11) is 4.05. The van der Waals surface area contributed by atoms with Gasteiger partial charge in [0.15, 0.2) is 0 Å². The molecule has 1 aromatic heterocycles. The van der Waals surface area contributed by atoms with Crippen molar-refractivity contribution < 1.29 is 9.15 Å². The molecule has 0 atom stereocenters. The lowest BCUT2D eigenvalue weighted by Crippen LogP contribution is -2.16. The van der Waals surface area contributed by atoms with E-state index in [-0.39, 0.29) is 5.69 Å². The fourth-order valence-corrected chi connectivity index (χ4v) is 2.10. The highest BCUT2D eigenvalue weighted by Gasteiger charge is 2.14. The first-order valence-electron chi connectivity index (χ1n) is 7.66. The molecule has 0 fully saturated rings. The van der Waals surface area contributed by atoms with Gasteiger partial charge in [-0.1, -0.05) is 0 Å². The largest absolute Gasteiger partial charge is 0.494 e. The van der Waals surface area contributed by atoms with Crippen molar-refractivity contribution in [2.24, 2.45) is 0 Å². The van der Waals surface area contributed by atoms with Crippen LogP contribution in [0.3, 0.4) is 0 Å².